The van der Waals surface area contributed by atoms with E-state index >= 15 is 0 Å². The first kappa shape index (κ1) is 14.1. The Morgan fingerprint density at radius 2 is 1.95 bits per heavy atom. The second kappa shape index (κ2) is 5.76. The van der Waals surface area contributed by atoms with Gasteiger partial charge in [-0.3, -0.25) is 0 Å². The first-order valence-electron chi connectivity index (χ1n) is 5.50. The fourth-order valence-corrected chi connectivity index (χ4v) is 2.09. The lowest BCUT2D eigenvalue weighted by Crippen LogP contribution is -2.08. The quantitative estimate of drug-likeness (QED) is 0.721. The summed E-state index contributed by atoms with van der Waals surface area (Å²) in [5.41, 5.74) is 6.83. The molecule has 0 aliphatic carbocycles. The number of benzene rings is 1. The summed E-state index contributed by atoms with van der Waals surface area (Å²) in [6.45, 7) is 0. The molecule has 0 amide bonds. The van der Waals surface area contributed by atoms with Crippen LogP contribution in [0, 0.1) is 0 Å². The number of aromatic carboxylic acids is 1. The van der Waals surface area contributed by atoms with E-state index in [1.54, 1.807) is 24.3 Å². The Morgan fingerprint density at radius 1 is 1.30 bits per heavy atom. The summed E-state index contributed by atoms with van der Waals surface area (Å²) < 4.78 is 19.5. The van der Waals surface area contributed by atoms with Crippen molar-refractivity contribution in [1.82, 2.24) is 9.97 Å². The predicted octanol–water partition coefficient (Wildman–Crippen LogP) is 1.15. The molecule has 2 rings (SSSR count). The number of nitrogen functional groups attached to an aromatic ring is 1. The number of carboxylic acid groups (broad SMARTS) is 1. The summed E-state index contributed by atoms with van der Waals surface area (Å²) in [5.74, 6) is -1.36. The maximum absolute atomic E-state index is 10.9. The molecule has 1 heterocycles. The van der Waals surface area contributed by atoms with Crippen molar-refractivity contribution >= 4 is 22.9 Å². The molecule has 0 saturated carbocycles. The molecule has 0 aliphatic rings. The third-order valence-corrected chi connectivity index (χ3v) is 3.12. The van der Waals surface area contributed by atoms with Crippen molar-refractivity contribution in [2.24, 2.45) is 0 Å². The summed E-state index contributed by atoms with van der Waals surface area (Å²) in [4.78, 5) is 18.7. The van der Waals surface area contributed by atoms with E-state index < -0.39 is 17.0 Å². The summed E-state index contributed by atoms with van der Waals surface area (Å²) in [6, 6.07) is 6.69. The monoisotopic (exact) mass is 293 g/mol. The average Bonchev–Trinajstić information content (AvgIpc) is 2.39. The van der Waals surface area contributed by atoms with Crippen molar-refractivity contribution < 1.29 is 18.7 Å². The fraction of sp³-hybridized carbons (Fsp3) is 0.0833. The van der Waals surface area contributed by atoms with Crippen LogP contribution in [0.1, 0.15) is 16.1 Å². The minimum absolute atomic E-state index is 0.0358. The Hall–Kier alpha value is -2.32. The van der Waals surface area contributed by atoms with Gasteiger partial charge in [-0.25, -0.2) is 19.0 Å². The molecule has 1 aromatic heterocycles. The summed E-state index contributed by atoms with van der Waals surface area (Å²) in [7, 11) is 0. The van der Waals surface area contributed by atoms with Crippen molar-refractivity contribution in [1.29, 1.82) is 0 Å². The number of carboxylic acids is 1. The van der Waals surface area contributed by atoms with E-state index in [1.165, 1.54) is 6.20 Å². The van der Waals surface area contributed by atoms with E-state index in [9.17, 15) is 9.00 Å². The summed E-state index contributed by atoms with van der Waals surface area (Å²) in [6.07, 6.45) is 1.38. The lowest BCUT2D eigenvalue weighted by atomic mass is 10.1. The maximum atomic E-state index is 10.9. The van der Waals surface area contributed by atoms with Crippen molar-refractivity contribution in [3.8, 4) is 11.3 Å². The highest BCUT2D eigenvalue weighted by Crippen LogP contribution is 2.19. The van der Waals surface area contributed by atoms with Crippen LogP contribution in [0.15, 0.2) is 30.5 Å². The number of anilines is 1. The Balaban J connectivity index is 2.34. The molecular weight excluding hydrogens is 282 g/mol. The minimum atomic E-state index is -1.90. The zero-order valence-electron chi connectivity index (χ0n) is 10.2. The highest BCUT2D eigenvalue weighted by atomic mass is 32.2. The molecule has 1 unspecified atom stereocenters. The van der Waals surface area contributed by atoms with E-state index in [-0.39, 0.29) is 17.3 Å². The van der Waals surface area contributed by atoms with Gasteiger partial charge in [-0.15, -0.1) is 0 Å². The van der Waals surface area contributed by atoms with Gasteiger partial charge in [-0.2, -0.15) is 0 Å². The molecule has 4 N–H and O–H groups in total. The fourth-order valence-electron chi connectivity index (χ4n) is 1.61. The van der Waals surface area contributed by atoms with Gasteiger partial charge in [0.2, 0.25) is 0 Å². The number of nitrogens with two attached hydrogens (primary N) is 1. The molecule has 0 aliphatic heterocycles. The lowest BCUT2D eigenvalue weighted by Gasteiger charge is -2.05. The third kappa shape index (κ3) is 3.16. The molecule has 0 radical (unpaired) electrons. The van der Waals surface area contributed by atoms with Gasteiger partial charge in [0.15, 0.2) is 22.6 Å². The standard InChI is InChI=1S/C12H11N3O4S/c13-11-10(12(16)17)15-9(5-14-11)8-3-1-7(2-4-8)6-20(18)19/h1-5H,6H2,(H2,13,14)(H,16,17)(H,18,19). The van der Waals surface area contributed by atoms with Gasteiger partial charge in [0, 0.05) is 5.56 Å². The van der Waals surface area contributed by atoms with Crippen LogP contribution < -0.4 is 5.73 Å². The molecule has 104 valence electrons. The zero-order chi connectivity index (χ0) is 14.7. The van der Waals surface area contributed by atoms with E-state index in [0.29, 0.717) is 16.8 Å². The van der Waals surface area contributed by atoms with Crippen LogP contribution in [0.5, 0.6) is 0 Å². The van der Waals surface area contributed by atoms with Gasteiger partial charge in [-0.05, 0) is 5.56 Å². The first-order valence-corrected chi connectivity index (χ1v) is 6.77. The molecular formula is C12H11N3O4S. The Morgan fingerprint density at radius 3 is 2.50 bits per heavy atom. The number of hydrogen-bond donors (Lipinski definition) is 3. The second-order valence-electron chi connectivity index (χ2n) is 3.96. The van der Waals surface area contributed by atoms with Gasteiger partial charge < -0.3 is 15.4 Å². The number of aromatic nitrogens is 2. The van der Waals surface area contributed by atoms with E-state index in [4.69, 9.17) is 15.4 Å². The molecule has 8 heteroatoms. The Labute approximate surface area is 116 Å². The normalized spacial score (nSPS) is 12.1. The van der Waals surface area contributed by atoms with E-state index in [0.717, 1.165) is 0 Å². The van der Waals surface area contributed by atoms with Gasteiger partial charge in [0.1, 0.15) is 0 Å². The van der Waals surface area contributed by atoms with Crippen LogP contribution in [0.2, 0.25) is 0 Å². The molecule has 7 nitrogen and oxygen atoms in total. The molecule has 0 saturated heterocycles. The molecule has 2 aromatic rings. The topological polar surface area (TPSA) is 126 Å². The van der Waals surface area contributed by atoms with Crippen molar-refractivity contribution in [2.45, 2.75) is 5.75 Å². The largest absolute Gasteiger partial charge is 0.476 e. The van der Waals surface area contributed by atoms with Crippen LogP contribution in [-0.4, -0.2) is 29.8 Å². The van der Waals surface area contributed by atoms with Crippen molar-refractivity contribution in [3.63, 3.8) is 0 Å². The van der Waals surface area contributed by atoms with Crippen LogP contribution >= 0.6 is 0 Å². The smallest absolute Gasteiger partial charge is 0.358 e. The zero-order valence-corrected chi connectivity index (χ0v) is 11.0. The van der Waals surface area contributed by atoms with Crippen LogP contribution in [0.3, 0.4) is 0 Å². The average molecular weight is 293 g/mol. The van der Waals surface area contributed by atoms with Gasteiger partial charge in [0.05, 0.1) is 17.6 Å². The molecule has 1 aromatic carbocycles. The number of rotatable bonds is 4. The van der Waals surface area contributed by atoms with Crippen LogP contribution in [-0.2, 0) is 16.8 Å². The third-order valence-electron chi connectivity index (χ3n) is 2.54. The second-order valence-corrected chi connectivity index (χ2v) is 4.89. The van der Waals surface area contributed by atoms with Gasteiger partial charge >= 0.3 is 5.97 Å². The van der Waals surface area contributed by atoms with E-state index in [2.05, 4.69) is 9.97 Å². The van der Waals surface area contributed by atoms with Crippen molar-refractivity contribution in [3.05, 3.63) is 41.7 Å². The van der Waals surface area contributed by atoms with Crippen molar-refractivity contribution in [2.75, 3.05) is 5.73 Å². The maximum Gasteiger partial charge on any atom is 0.358 e. The Kier molecular flexibility index (Phi) is 4.06. The Bertz CT molecular complexity index is 673. The van der Waals surface area contributed by atoms with Gasteiger partial charge in [0.25, 0.3) is 0 Å². The predicted molar refractivity (Wildman–Crippen MR) is 73.3 cm³/mol. The lowest BCUT2D eigenvalue weighted by molar-refractivity contribution is 0.0691. The molecule has 0 bridgehead atoms. The molecule has 20 heavy (non-hydrogen) atoms. The SMILES string of the molecule is Nc1ncc(-c2ccc(CS(=O)O)cc2)nc1C(=O)O. The van der Waals surface area contributed by atoms with Crippen LogP contribution in [0.25, 0.3) is 11.3 Å². The number of carbonyl (C=O) groups is 1. The van der Waals surface area contributed by atoms with Gasteiger partial charge in [-0.1, -0.05) is 24.3 Å². The minimum Gasteiger partial charge on any atom is -0.476 e. The number of hydrogen-bond acceptors (Lipinski definition) is 5. The number of nitrogens with zero attached hydrogens (tertiary/aromatic N) is 2. The molecule has 1 atom stereocenters. The highest BCUT2D eigenvalue weighted by Gasteiger charge is 2.13. The molecule has 0 spiro atoms. The highest BCUT2D eigenvalue weighted by molar-refractivity contribution is 7.78. The summed E-state index contributed by atoms with van der Waals surface area (Å²) >= 11 is -1.90. The van der Waals surface area contributed by atoms with E-state index in [1.807, 2.05) is 0 Å². The first-order chi connectivity index (χ1) is 9.47. The van der Waals surface area contributed by atoms with Crippen LogP contribution in [0.4, 0.5) is 5.82 Å². The molecule has 0 fully saturated rings. The summed E-state index contributed by atoms with van der Waals surface area (Å²) in [5, 5.41) is 8.94.